The molecule has 124 valence electrons. The smallest absolute Gasteiger partial charge is 0.216 e. The van der Waals surface area contributed by atoms with Crippen molar-refractivity contribution in [3.63, 3.8) is 0 Å². The van der Waals surface area contributed by atoms with Gasteiger partial charge in [0, 0.05) is 17.6 Å². The number of sulfonamides is 1. The largest absolute Gasteiger partial charge is 0.330 e. The van der Waals surface area contributed by atoms with E-state index in [1.807, 2.05) is 30.3 Å². The monoisotopic (exact) mass is 333 g/mol. The Balaban J connectivity index is 1.80. The minimum atomic E-state index is -3.41. The molecule has 1 aromatic heterocycles. The molecule has 1 heterocycles. The zero-order valence-corrected chi connectivity index (χ0v) is 13.9. The molecule has 2 aromatic rings. The van der Waals surface area contributed by atoms with Crippen molar-refractivity contribution in [3.05, 3.63) is 42.1 Å². The number of rotatable bonds is 5. The zero-order valence-electron chi connectivity index (χ0n) is 13.1. The van der Waals surface area contributed by atoms with Crippen LogP contribution in [0.5, 0.6) is 0 Å². The Labute approximate surface area is 137 Å². The average Bonchev–Trinajstić information content (AvgIpc) is 2.55. The molecule has 0 radical (unpaired) electrons. The second kappa shape index (κ2) is 6.95. The molecule has 23 heavy (non-hydrogen) atoms. The van der Waals surface area contributed by atoms with E-state index in [0.717, 1.165) is 42.1 Å². The number of fused-ring (bicyclic) bond motifs is 1. The molecule has 0 amide bonds. The number of nitrogens with two attached hydrogens (primary N) is 1. The number of para-hydroxylation sites is 1. The van der Waals surface area contributed by atoms with Gasteiger partial charge in [-0.2, -0.15) is 0 Å². The predicted molar refractivity (Wildman–Crippen MR) is 92.3 cm³/mol. The molecule has 5 nitrogen and oxygen atoms in total. The van der Waals surface area contributed by atoms with Crippen LogP contribution in [0.2, 0.25) is 0 Å². The van der Waals surface area contributed by atoms with Gasteiger partial charge >= 0.3 is 0 Å². The Hall–Kier alpha value is -1.50. The lowest BCUT2D eigenvalue weighted by atomic mass is 9.85. The third-order valence-electron chi connectivity index (χ3n) is 4.60. The molecule has 1 aromatic carbocycles. The summed E-state index contributed by atoms with van der Waals surface area (Å²) in [6.45, 7) is 0.531. The standard InChI is InChI=1S/C17H23N3O2S/c18-11-14-5-1-2-9-16(14)20-23(21,22)12-15-7-3-6-13-8-4-10-19-17(13)15/h3-4,6-8,10,14,16,20H,1-2,5,9,11-12,18H2. The van der Waals surface area contributed by atoms with Crippen LogP contribution in [0, 0.1) is 5.92 Å². The summed E-state index contributed by atoms with van der Waals surface area (Å²) in [5.74, 6) is 0.193. The van der Waals surface area contributed by atoms with Gasteiger partial charge in [-0.3, -0.25) is 4.98 Å². The quantitative estimate of drug-likeness (QED) is 0.878. The van der Waals surface area contributed by atoms with Crippen molar-refractivity contribution < 1.29 is 8.42 Å². The number of nitrogens with zero attached hydrogens (tertiary/aromatic N) is 1. The van der Waals surface area contributed by atoms with E-state index in [2.05, 4.69) is 9.71 Å². The van der Waals surface area contributed by atoms with Gasteiger partial charge in [-0.05, 0) is 36.9 Å². The first-order valence-electron chi connectivity index (χ1n) is 8.12. The molecular weight excluding hydrogens is 310 g/mol. The van der Waals surface area contributed by atoms with Crippen molar-refractivity contribution >= 4 is 20.9 Å². The summed E-state index contributed by atoms with van der Waals surface area (Å²) in [6, 6.07) is 9.40. The van der Waals surface area contributed by atoms with Gasteiger partial charge in [0.2, 0.25) is 10.0 Å². The van der Waals surface area contributed by atoms with E-state index in [9.17, 15) is 8.42 Å². The minimum Gasteiger partial charge on any atom is -0.330 e. The van der Waals surface area contributed by atoms with E-state index < -0.39 is 10.0 Å². The van der Waals surface area contributed by atoms with Gasteiger partial charge in [0.15, 0.2) is 0 Å². The summed E-state index contributed by atoms with van der Waals surface area (Å²) >= 11 is 0. The highest BCUT2D eigenvalue weighted by Crippen LogP contribution is 2.25. The van der Waals surface area contributed by atoms with Gasteiger partial charge in [-0.1, -0.05) is 37.1 Å². The Bertz CT molecular complexity index is 771. The van der Waals surface area contributed by atoms with Crippen molar-refractivity contribution in [2.75, 3.05) is 6.54 Å². The SMILES string of the molecule is NCC1CCCCC1NS(=O)(=O)Cc1cccc2cccnc12. The summed E-state index contributed by atoms with van der Waals surface area (Å²) in [5, 5.41) is 0.956. The number of hydrogen-bond acceptors (Lipinski definition) is 4. The van der Waals surface area contributed by atoms with Crippen LogP contribution < -0.4 is 10.5 Å². The predicted octanol–water partition coefficient (Wildman–Crippen LogP) is 2.17. The molecule has 0 saturated heterocycles. The lowest BCUT2D eigenvalue weighted by molar-refractivity contribution is 0.296. The minimum absolute atomic E-state index is 0.0401. The number of hydrogen-bond donors (Lipinski definition) is 2. The normalized spacial score (nSPS) is 22.3. The average molecular weight is 333 g/mol. The third kappa shape index (κ3) is 3.88. The van der Waals surface area contributed by atoms with E-state index in [1.165, 1.54) is 0 Å². The number of aromatic nitrogens is 1. The van der Waals surface area contributed by atoms with Crippen LogP contribution in [0.4, 0.5) is 0 Å². The summed E-state index contributed by atoms with van der Waals surface area (Å²) in [6.07, 6.45) is 5.75. The molecule has 0 bridgehead atoms. The Morgan fingerprint density at radius 2 is 1.96 bits per heavy atom. The van der Waals surface area contributed by atoms with E-state index >= 15 is 0 Å². The van der Waals surface area contributed by atoms with Crippen molar-refractivity contribution in [3.8, 4) is 0 Å². The molecule has 1 aliphatic rings. The van der Waals surface area contributed by atoms with E-state index in [1.54, 1.807) is 6.20 Å². The van der Waals surface area contributed by atoms with Crippen molar-refractivity contribution in [2.45, 2.75) is 37.5 Å². The summed E-state index contributed by atoms with van der Waals surface area (Å²) < 4.78 is 28.1. The van der Waals surface area contributed by atoms with E-state index in [0.29, 0.717) is 6.54 Å². The van der Waals surface area contributed by atoms with Gasteiger partial charge in [-0.25, -0.2) is 13.1 Å². The number of nitrogens with one attached hydrogen (secondary N) is 1. The van der Waals surface area contributed by atoms with E-state index in [-0.39, 0.29) is 17.7 Å². The highest BCUT2D eigenvalue weighted by Gasteiger charge is 2.28. The van der Waals surface area contributed by atoms with Crippen LogP contribution in [0.3, 0.4) is 0 Å². The molecule has 0 spiro atoms. The molecule has 6 heteroatoms. The molecule has 1 fully saturated rings. The molecule has 0 aliphatic heterocycles. The topological polar surface area (TPSA) is 85.1 Å². The van der Waals surface area contributed by atoms with E-state index in [4.69, 9.17) is 5.73 Å². The summed E-state index contributed by atoms with van der Waals surface area (Å²) in [4.78, 5) is 4.33. The van der Waals surface area contributed by atoms with Gasteiger partial charge < -0.3 is 5.73 Å². The van der Waals surface area contributed by atoms with Crippen LogP contribution in [0.15, 0.2) is 36.5 Å². The fourth-order valence-electron chi connectivity index (χ4n) is 3.41. The summed E-state index contributed by atoms with van der Waals surface area (Å²) in [5.41, 5.74) is 7.28. The first kappa shape index (κ1) is 16.4. The Kier molecular flexibility index (Phi) is 4.94. The highest BCUT2D eigenvalue weighted by atomic mass is 32.2. The molecule has 2 atom stereocenters. The van der Waals surface area contributed by atoms with Crippen molar-refractivity contribution in [2.24, 2.45) is 11.7 Å². The first-order chi connectivity index (χ1) is 11.1. The second-order valence-corrected chi connectivity index (χ2v) is 8.01. The van der Waals surface area contributed by atoms with Gasteiger partial charge in [0.05, 0.1) is 11.3 Å². The molecule has 1 aliphatic carbocycles. The third-order valence-corrected chi connectivity index (χ3v) is 5.96. The fourth-order valence-corrected chi connectivity index (χ4v) is 4.90. The van der Waals surface area contributed by atoms with Crippen molar-refractivity contribution in [1.29, 1.82) is 0 Å². The molecular formula is C17H23N3O2S. The first-order valence-corrected chi connectivity index (χ1v) is 9.77. The highest BCUT2D eigenvalue weighted by molar-refractivity contribution is 7.88. The number of pyridine rings is 1. The Morgan fingerprint density at radius 3 is 2.78 bits per heavy atom. The van der Waals surface area contributed by atoms with Gasteiger partial charge in [-0.15, -0.1) is 0 Å². The molecule has 2 unspecified atom stereocenters. The maximum Gasteiger partial charge on any atom is 0.216 e. The molecule has 3 N–H and O–H groups in total. The zero-order chi connectivity index (χ0) is 16.3. The van der Waals surface area contributed by atoms with Gasteiger partial charge in [0.25, 0.3) is 0 Å². The Morgan fingerprint density at radius 1 is 1.17 bits per heavy atom. The van der Waals surface area contributed by atoms with Crippen LogP contribution in [-0.4, -0.2) is 26.0 Å². The van der Waals surface area contributed by atoms with Crippen LogP contribution in [0.1, 0.15) is 31.2 Å². The van der Waals surface area contributed by atoms with Crippen molar-refractivity contribution in [1.82, 2.24) is 9.71 Å². The maximum atomic E-state index is 12.6. The second-order valence-electron chi connectivity index (χ2n) is 6.26. The lowest BCUT2D eigenvalue weighted by Crippen LogP contribution is -2.45. The van der Waals surface area contributed by atoms with Crippen LogP contribution >= 0.6 is 0 Å². The summed E-state index contributed by atoms with van der Waals surface area (Å²) in [7, 11) is -3.41. The lowest BCUT2D eigenvalue weighted by Gasteiger charge is -2.31. The van der Waals surface area contributed by atoms with Crippen LogP contribution in [-0.2, 0) is 15.8 Å². The number of benzene rings is 1. The fraction of sp³-hybridized carbons (Fsp3) is 0.471. The van der Waals surface area contributed by atoms with Crippen LogP contribution in [0.25, 0.3) is 10.9 Å². The molecule has 1 saturated carbocycles. The molecule has 3 rings (SSSR count). The van der Waals surface area contributed by atoms with Gasteiger partial charge in [0.1, 0.15) is 0 Å². The maximum absolute atomic E-state index is 12.6.